The maximum absolute atomic E-state index is 11.1. The zero-order valence-corrected chi connectivity index (χ0v) is 9.21. The predicted octanol–water partition coefficient (Wildman–Crippen LogP) is 3.12. The summed E-state index contributed by atoms with van der Waals surface area (Å²) in [6, 6.07) is 7.30. The van der Waals surface area contributed by atoms with E-state index in [1.165, 1.54) is 6.92 Å². The summed E-state index contributed by atoms with van der Waals surface area (Å²) in [5.74, 6) is 0. The molecule has 15 heavy (non-hydrogen) atoms. The minimum Gasteiger partial charge on any atom is -0.297 e. The van der Waals surface area contributed by atoms with E-state index >= 15 is 0 Å². The van der Waals surface area contributed by atoms with E-state index in [2.05, 4.69) is 15.3 Å². The van der Waals surface area contributed by atoms with E-state index in [1.807, 2.05) is 19.1 Å². The summed E-state index contributed by atoms with van der Waals surface area (Å²) in [4.78, 5) is 15.5. The molecule has 0 saturated heterocycles. The number of carbonyl (C=O) groups is 1. The van der Waals surface area contributed by atoms with Crippen LogP contribution < -0.4 is 5.32 Å². The summed E-state index contributed by atoms with van der Waals surface area (Å²) < 4.78 is 0. The predicted molar refractivity (Wildman–Crippen MR) is 60.2 cm³/mol. The second-order valence-electron chi connectivity index (χ2n) is 2.96. The molecule has 0 bridgehead atoms. The molecular weight excluding hydrogens is 216 g/mol. The smallest absolute Gasteiger partial charge is 0.297 e. The van der Waals surface area contributed by atoms with Gasteiger partial charge in [-0.2, -0.15) is 0 Å². The lowest BCUT2D eigenvalue weighted by atomic mass is 10.2. The van der Waals surface area contributed by atoms with Gasteiger partial charge in [0.15, 0.2) is 0 Å². The Hall–Kier alpha value is -1.55. The molecule has 0 aromatic heterocycles. The van der Waals surface area contributed by atoms with Crippen LogP contribution >= 0.6 is 11.6 Å². The molecule has 0 atom stereocenters. The third kappa shape index (κ3) is 4.46. The molecule has 1 N–H and O–H groups in total. The summed E-state index contributed by atoms with van der Waals surface area (Å²) in [7, 11) is 0. The van der Waals surface area contributed by atoms with Gasteiger partial charge in [0.05, 0.1) is 0 Å². The highest BCUT2D eigenvalue weighted by Gasteiger charge is 2.01. The van der Waals surface area contributed by atoms with Crippen molar-refractivity contribution < 1.29 is 9.63 Å². The van der Waals surface area contributed by atoms with Crippen LogP contribution in [0.3, 0.4) is 0 Å². The lowest BCUT2D eigenvalue weighted by Gasteiger charge is -2.02. The molecule has 4 nitrogen and oxygen atoms in total. The van der Waals surface area contributed by atoms with Crippen molar-refractivity contribution in [1.82, 2.24) is 0 Å². The van der Waals surface area contributed by atoms with Crippen LogP contribution in [0, 0.1) is 6.92 Å². The number of nitrogens with one attached hydrogen (secondary N) is 1. The molecule has 80 valence electrons. The molecule has 0 radical (unpaired) electrons. The lowest BCUT2D eigenvalue weighted by molar-refractivity contribution is 0.167. The van der Waals surface area contributed by atoms with Crippen LogP contribution in [0.5, 0.6) is 0 Å². The molecule has 0 fully saturated rings. The van der Waals surface area contributed by atoms with E-state index in [9.17, 15) is 4.79 Å². The van der Waals surface area contributed by atoms with Gasteiger partial charge >= 0.3 is 6.09 Å². The standard InChI is InChI=1S/C10H11ClN2O2/c1-7-3-5-9(6-4-7)12-10(14)15-13-8(2)11/h3-6H,1-2H3,(H,12,14)/b13-8-. The number of nitrogens with zero attached hydrogens (tertiary/aromatic N) is 1. The molecule has 0 aliphatic carbocycles. The molecule has 0 aliphatic heterocycles. The fourth-order valence-electron chi connectivity index (χ4n) is 0.882. The average molecular weight is 227 g/mol. The number of halogens is 1. The van der Waals surface area contributed by atoms with Crippen LogP contribution in [-0.2, 0) is 4.84 Å². The van der Waals surface area contributed by atoms with Crippen LogP contribution in [0.2, 0.25) is 0 Å². The largest absolute Gasteiger partial charge is 0.437 e. The number of hydrogen-bond acceptors (Lipinski definition) is 3. The van der Waals surface area contributed by atoms with Crippen molar-refractivity contribution in [3.63, 3.8) is 0 Å². The Balaban J connectivity index is 2.51. The number of carbonyl (C=O) groups excluding carboxylic acids is 1. The first-order valence-corrected chi connectivity index (χ1v) is 4.70. The highest BCUT2D eigenvalue weighted by Crippen LogP contribution is 2.08. The average Bonchev–Trinajstić information content (AvgIpc) is 2.19. The first-order valence-electron chi connectivity index (χ1n) is 4.32. The first kappa shape index (κ1) is 11.5. The Morgan fingerprint density at radius 2 is 2.00 bits per heavy atom. The Morgan fingerprint density at radius 3 is 2.53 bits per heavy atom. The summed E-state index contributed by atoms with van der Waals surface area (Å²) in [6.45, 7) is 3.48. The SMILES string of the molecule is C/C(Cl)=N/OC(=O)Nc1ccc(C)cc1. The Kier molecular flexibility index (Phi) is 4.12. The van der Waals surface area contributed by atoms with Crippen molar-refractivity contribution in [1.29, 1.82) is 0 Å². The number of aryl methyl sites for hydroxylation is 1. The molecule has 1 aromatic carbocycles. The lowest BCUT2D eigenvalue weighted by Crippen LogP contribution is -2.10. The molecular formula is C10H11ClN2O2. The van der Waals surface area contributed by atoms with E-state index in [-0.39, 0.29) is 5.17 Å². The second-order valence-corrected chi connectivity index (χ2v) is 3.51. The van der Waals surface area contributed by atoms with Crippen molar-refractivity contribution in [2.45, 2.75) is 13.8 Å². The molecule has 1 aromatic rings. The number of rotatable bonds is 2. The van der Waals surface area contributed by atoms with E-state index in [0.29, 0.717) is 5.69 Å². The topological polar surface area (TPSA) is 50.7 Å². The zero-order chi connectivity index (χ0) is 11.3. The van der Waals surface area contributed by atoms with Crippen LogP contribution in [0.4, 0.5) is 10.5 Å². The zero-order valence-electron chi connectivity index (χ0n) is 8.45. The third-order valence-corrected chi connectivity index (χ3v) is 1.62. The Labute approximate surface area is 92.9 Å². The molecule has 0 unspecified atom stereocenters. The molecule has 0 saturated carbocycles. The molecule has 0 spiro atoms. The maximum atomic E-state index is 11.1. The number of anilines is 1. The normalized spacial score (nSPS) is 11.0. The number of hydrogen-bond donors (Lipinski definition) is 1. The van der Waals surface area contributed by atoms with Gasteiger partial charge in [-0.05, 0) is 26.0 Å². The minimum absolute atomic E-state index is 0.161. The van der Waals surface area contributed by atoms with Gasteiger partial charge < -0.3 is 0 Å². The minimum atomic E-state index is -0.668. The highest BCUT2D eigenvalue weighted by atomic mass is 35.5. The van der Waals surface area contributed by atoms with Gasteiger partial charge in [-0.1, -0.05) is 34.5 Å². The summed E-state index contributed by atoms with van der Waals surface area (Å²) in [5, 5.41) is 5.97. The van der Waals surface area contributed by atoms with Crippen LogP contribution in [0.15, 0.2) is 29.4 Å². The van der Waals surface area contributed by atoms with Gasteiger partial charge in [0.1, 0.15) is 5.17 Å². The summed E-state index contributed by atoms with van der Waals surface area (Å²) >= 11 is 5.39. The first-order chi connectivity index (χ1) is 7.08. The maximum Gasteiger partial charge on any atom is 0.437 e. The van der Waals surface area contributed by atoms with E-state index in [0.717, 1.165) is 5.56 Å². The molecule has 0 aliphatic rings. The van der Waals surface area contributed by atoms with Gasteiger partial charge in [0, 0.05) is 5.69 Å². The number of benzene rings is 1. The van der Waals surface area contributed by atoms with Crippen molar-refractivity contribution >= 4 is 28.6 Å². The van der Waals surface area contributed by atoms with E-state index < -0.39 is 6.09 Å². The Morgan fingerprint density at radius 1 is 1.40 bits per heavy atom. The summed E-state index contributed by atoms with van der Waals surface area (Å²) in [5.41, 5.74) is 1.76. The van der Waals surface area contributed by atoms with Crippen molar-refractivity contribution in [2.24, 2.45) is 5.16 Å². The van der Waals surface area contributed by atoms with Gasteiger partial charge in [-0.3, -0.25) is 10.2 Å². The van der Waals surface area contributed by atoms with Crippen LogP contribution in [0.25, 0.3) is 0 Å². The monoisotopic (exact) mass is 226 g/mol. The molecule has 5 heteroatoms. The Bertz CT molecular complexity index is 370. The van der Waals surface area contributed by atoms with Gasteiger partial charge in [-0.15, -0.1) is 0 Å². The van der Waals surface area contributed by atoms with Gasteiger partial charge in [0.2, 0.25) is 0 Å². The van der Waals surface area contributed by atoms with Crippen LogP contribution in [-0.4, -0.2) is 11.3 Å². The molecule has 0 heterocycles. The van der Waals surface area contributed by atoms with Crippen LogP contribution in [0.1, 0.15) is 12.5 Å². The fourth-order valence-corrected chi connectivity index (χ4v) is 0.916. The van der Waals surface area contributed by atoms with Gasteiger partial charge in [0.25, 0.3) is 0 Å². The van der Waals surface area contributed by atoms with Crippen molar-refractivity contribution in [3.05, 3.63) is 29.8 Å². The third-order valence-electron chi connectivity index (χ3n) is 1.55. The molecule has 1 rings (SSSR count). The number of amides is 1. The second kappa shape index (κ2) is 5.36. The summed E-state index contributed by atoms with van der Waals surface area (Å²) in [6.07, 6.45) is -0.668. The quantitative estimate of drug-likeness (QED) is 0.479. The van der Waals surface area contributed by atoms with E-state index in [1.54, 1.807) is 12.1 Å². The van der Waals surface area contributed by atoms with E-state index in [4.69, 9.17) is 11.6 Å². The van der Waals surface area contributed by atoms with Gasteiger partial charge in [-0.25, -0.2) is 4.79 Å². The highest BCUT2D eigenvalue weighted by molar-refractivity contribution is 6.64. The van der Waals surface area contributed by atoms with Crippen molar-refractivity contribution in [2.75, 3.05) is 5.32 Å². The molecule has 1 amide bonds. The van der Waals surface area contributed by atoms with Crippen molar-refractivity contribution in [3.8, 4) is 0 Å². The fraction of sp³-hybridized carbons (Fsp3) is 0.200. The number of oxime groups is 1.